The molecule has 3 aliphatic rings. The van der Waals surface area contributed by atoms with Gasteiger partial charge in [-0.05, 0) is 49.0 Å². The molecule has 1 N–H and O–H groups in total. The van der Waals surface area contributed by atoms with Crippen LogP contribution in [-0.4, -0.2) is 48.0 Å². The highest BCUT2D eigenvalue weighted by atomic mass is 32.2. The minimum atomic E-state index is 0.425. The zero-order chi connectivity index (χ0) is 12.5. The van der Waals surface area contributed by atoms with Crippen LogP contribution in [0.3, 0.4) is 0 Å². The third-order valence-electron chi connectivity index (χ3n) is 5.06. The number of fused-ring (bicyclic) bond motifs is 1. The van der Waals surface area contributed by atoms with Crippen molar-refractivity contribution >= 4 is 17.7 Å². The van der Waals surface area contributed by atoms with Gasteiger partial charge in [0.1, 0.15) is 0 Å². The van der Waals surface area contributed by atoms with Crippen LogP contribution in [0.4, 0.5) is 0 Å². The van der Waals surface area contributed by atoms with E-state index < -0.39 is 0 Å². The van der Waals surface area contributed by atoms with Gasteiger partial charge in [0.05, 0.1) is 0 Å². The van der Waals surface area contributed by atoms with E-state index in [2.05, 4.69) is 17.1 Å². The van der Waals surface area contributed by atoms with Gasteiger partial charge < -0.3 is 10.2 Å². The van der Waals surface area contributed by atoms with Gasteiger partial charge in [-0.15, -0.1) is 0 Å². The number of nitrogens with zero attached hydrogens (tertiary/aromatic N) is 1. The van der Waals surface area contributed by atoms with E-state index in [9.17, 15) is 4.79 Å². The standard InChI is InChI=1S/C14H24N2OS/c1-10-13-8-15-7-12(13)9-16(10)14(17)6-11-2-4-18-5-3-11/h10-13,15H,2-9H2,1H3. The number of rotatable bonds is 2. The summed E-state index contributed by atoms with van der Waals surface area (Å²) in [6.07, 6.45) is 3.29. The van der Waals surface area contributed by atoms with E-state index >= 15 is 0 Å². The molecule has 0 saturated carbocycles. The second kappa shape index (κ2) is 5.41. The van der Waals surface area contributed by atoms with Crippen molar-refractivity contribution in [1.29, 1.82) is 0 Å². The molecule has 102 valence electrons. The summed E-state index contributed by atoms with van der Waals surface area (Å²) in [6.45, 7) is 5.46. The van der Waals surface area contributed by atoms with Crippen molar-refractivity contribution in [1.82, 2.24) is 10.2 Å². The molecule has 0 aromatic carbocycles. The van der Waals surface area contributed by atoms with Gasteiger partial charge in [0, 0.05) is 32.1 Å². The number of amides is 1. The van der Waals surface area contributed by atoms with Crippen molar-refractivity contribution in [3.8, 4) is 0 Å². The minimum absolute atomic E-state index is 0.425. The molecule has 3 atom stereocenters. The molecule has 4 heteroatoms. The Labute approximate surface area is 114 Å². The van der Waals surface area contributed by atoms with Gasteiger partial charge >= 0.3 is 0 Å². The van der Waals surface area contributed by atoms with Crippen molar-refractivity contribution in [3.63, 3.8) is 0 Å². The van der Waals surface area contributed by atoms with Crippen molar-refractivity contribution in [3.05, 3.63) is 0 Å². The third kappa shape index (κ3) is 2.42. The fraction of sp³-hybridized carbons (Fsp3) is 0.929. The molecule has 3 unspecified atom stereocenters. The molecular formula is C14H24N2OS. The molecule has 0 aromatic heterocycles. The lowest BCUT2D eigenvalue weighted by Gasteiger charge is -2.28. The summed E-state index contributed by atoms with van der Waals surface area (Å²) in [5, 5.41) is 3.45. The predicted octanol–water partition coefficient (Wildman–Crippen LogP) is 1.59. The molecule has 3 fully saturated rings. The van der Waals surface area contributed by atoms with Gasteiger partial charge in [0.15, 0.2) is 0 Å². The number of likely N-dealkylation sites (tertiary alicyclic amines) is 1. The summed E-state index contributed by atoms with van der Waals surface area (Å²) < 4.78 is 0. The average Bonchev–Trinajstić information content (AvgIpc) is 2.94. The monoisotopic (exact) mass is 268 g/mol. The number of carbonyl (C=O) groups is 1. The molecule has 0 aromatic rings. The highest BCUT2D eigenvalue weighted by Gasteiger charge is 2.43. The summed E-state index contributed by atoms with van der Waals surface area (Å²) in [7, 11) is 0. The van der Waals surface area contributed by atoms with Crippen LogP contribution < -0.4 is 5.32 Å². The highest BCUT2D eigenvalue weighted by Crippen LogP contribution is 2.34. The Morgan fingerprint density at radius 1 is 1.33 bits per heavy atom. The van der Waals surface area contributed by atoms with Crippen molar-refractivity contribution in [2.75, 3.05) is 31.1 Å². The molecule has 0 bridgehead atoms. The molecule has 3 nitrogen and oxygen atoms in total. The predicted molar refractivity (Wildman–Crippen MR) is 75.7 cm³/mol. The maximum Gasteiger partial charge on any atom is 0.223 e. The van der Waals surface area contributed by atoms with E-state index in [1.165, 1.54) is 24.3 Å². The first kappa shape index (κ1) is 12.8. The quantitative estimate of drug-likeness (QED) is 0.825. The third-order valence-corrected chi connectivity index (χ3v) is 6.11. The fourth-order valence-corrected chi connectivity index (χ4v) is 5.02. The largest absolute Gasteiger partial charge is 0.339 e. The van der Waals surface area contributed by atoms with E-state index in [1.54, 1.807) is 0 Å². The summed E-state index contributed by atoms with van der Waals surface area (Å²) in [5.41, 5.74) is 0. The topological polar surface area (TPSA) is 32.3 Å². The SMILES string of the molecule is CC1C2CNCC2CN1C(=O)CC1CCSCC1. The first-order valence-electron chi connectivity index (χ1n) is 7.33. The smallest absolute Gasteiger partial charge is 0.223 e. The zero-order valence-corrected chi connectivity index (χ0v) is 12.0. The van der Waals surface area contributed by atoms with Gasteiger partial charge in [0.2, 0.25) is 5.91 Å². The Morgan fingerprint density at radius 2 is 2.11 bits per heavy atom. The van der Waals surface area contributed by atoms with Crippen LogP contribution in [0.5, 0.6) is 0 Å². The molecule has 1 amide bonds. The van der Waals surface area contributed by atoms with Crippen LogP contribution in [0, 0.1) is 17.8 Å². The van der Waals surface area contributed by atoms with E-state index in [4.69, 9.17) is 0 Å². The fourth-order valence-electron chi connectivity index (χ4n) is 3.81. The number of nitrogens with one attached hydrogen (secondary N) is 1. The molecule has 0 radical (unpaired) electrons. The summed E-state index contributed by atoms with van der Waals surface area (Å²) in [5.74, 6) is 5.01. The Balaban J connectivity index is 1.56. The molecule has 3 saturated heterocycles. The van der Waals surface area contributed by atoms with Gasteiger partial charge in [-0.1, -0.05) is 0 Å². The van der Waals surface area contributed by atoms with Crippen molar-refractivity contribution in [2.24, 2.45) is 17.8 Å². The Bertz CT molecular complexity index is 317. The van der Waals surface area contributed by atoms with Crippen LogP contribution in [0.25, 0.3) is 0 Å². The first-order chi connectivity index (χ1) is 8.75. The summed E-state index contributed by atoms with van der Waals surface area (Å²) >= 11 is 2.04. The van der Waals surface area contributed by atoms with Gasteiger partial charge in [-0.2, -0.15) is 11.8 Å². The van der Waals surface area contributed by atoms with Gasteiger partial charge in [-0.25, -0.2) is 0 Å². The van der Waals surface area contributed by atoms with Crippen LogP contribution >= 0.6 is 11.8 Å². The summed E-state index contributed by atoms with van der Waals surface area (Å²) in [6, 6.07) is 0.454. The second-order valence-electron chi connectivity index (χ2n) is 6.13. The second-order valence-corrected chi connectivity index (χ2v) is 7.35. The average molecular weight is 268 g/mol. The van der Waals surface area contributed by atoms with Crippen LogP contribution in [0.2, 0.25) is 0 Å². The van der Waals surface area contributed by atoms with E-state index in [1.807, 2.05) is 11.8 Å². The van der Waals surface area contributed by atoms with Crippen LogP contribution in [-0.2, 0) is 4.79 Å². The molecule has 3 heterocycles. The number of carbonyl (C=O) groups excluding carboxylic acids is 1. The number of thioether (sulfide) groups is 1. The van der Waals surface area contributed by atoms with E-state index in [0.29, 0.717) is 29.7 Å². The molecule has 0 spiro atoms. The Kier molecular flexibility index (Phi) is 3.85. The van der Waals surface area contributed by atoms with E-state index in [-0.39, 0.29) is 0 Å². The molecule has 3 rings (SSSR count). The van der Waals surface area contributed by atoms with Gasteiger partial charge in [0.25, 0.3) is 0 Å². The van der Waals surface area contributed by atoms with Crippen molar-refractivity contribution in [2.45, 2.75) is 32.2 Å². The van der Waals surface area contributed by atoms with Gasteiger partial charge in [-0.3, -0.25) is 4.79 Å². The molecular weight excluding hydrogens is 244 g/mol. The molecule has 18 heavy (non-hydrogen) atoms. The lowest BCUT2D eigenvalue weighted by atomic mass is 9.95. The summed E-state index contributed by atoms with van der Waals surface area (Å²) in [4.78, 5) is 14.6. The molecule has 0 aliphatic carbocycles. The minimum Gasteiger partial charge on any atom is -0.339 e. The normalized spacial score (nSPS) is 36.9. The van der Waals surface area contributed by atoms with E-state index in [0.717, 1.165) is 26.1 Å². The number of hydrogen-bond acceptors (Lipinski definition) is 3. The number of hydrogen-bond donors (Lipinski definition) is 1. The maximum atomic E-state index is 12.5. The lowest BCUT2D eigenvalue weighted by molar-refractivity contribution is -0.133. The van der Waals surface area contributed by atoms with Crippen LogP contribution in [0.1, 0.15) is 26.2 Å². The Hall–Kier alpha value is -0.220. The maximum absolute atomic E-state index is 12.5. The van der Waals surface area contributed by atoms with Crippen LogP contribution in [0.15, 0.2) is 0 Å². The lowest BCUT2D eigenvalue weighted by Crippen LogP contribution is -2.39. The molecule has 3 aliphatic heterocycles. The highest BCUT2D eigenvalue weighted by molar-refractivity contribution is 7.99. The van der Waals surface area contributed by atoms with Crippen molar-refractivity contribution < 1.29 is 4.79 Å². The zero-order valence-electron chi connectivity index (χ0n) is 11.2. The first-order valence-corrected chi connectivity index (χ1v) is 8.49. The Morgan fingerprint density at radius 3 is 2.83 bits per heavy atom.